The molecule has 2 aliphatic rings. The molecule has 1 fully saturated rings. The van der Waals surface area contributed by atoms with E-state index in [1.54, 1.807) is 6.07 Å². The lowest BCUT2D eigenvalue weighted by Gasteiger charge is -2.39. The number of alkyl halides is 6. The minimum atomic E-state index is -5.04. The first-order chi connectivity index (χ1) is 18.4. The molecule has 0 N–H and O–H groups in total. The van der Waals surface area contributed by atoms with E-state index in [1.165, 1.54) is 25.0 Å². The molecule has 1 heterocycles. The van der Waals surface area contributed by atoms with Crippen molar-refractivity contribution in [1.29, 1.82) is 0 Å². The number of rotatable bonds is 5. The van der Waals surface area contributed by atoms with Gasteiger partial charge in [0, 0.05) is 21.7 Å². The van der Waals surface area contributed by atoms with Gasteiger partial charge in [-0.15, -0.1) is 0 Å². The molecule has 0 spiro atoms. The summed E-state index contributed by atoms with van der Waals surface area (Å²) in [4.78, 5) is 14.2. The first kappa shape index (κ1) is 30.4. The molecule has 0 radical (unpaired) electrons. The Balaban J connectivity index is 1.86. The van der Waals surface area contributed by atoms with Gasteiger partial charge in [0.2, 0.25) is 0 Å². The lowest BCUT2D eigenvalue weighted by molar-refractivity contribution is -0.143. The molecule has 1 unspecified atom stereocenters. The van der Waals surface area contributed by atoms with Crippen LogP contribution < -0.4 is 4.74 Å². The number of hydrogen-bond acceptors (Lipinski definition) is 3. The molecule has 0 saturated carbocycles. The molecular weight excluding hydrogens is 658 g/mol. The number of nitrogens with zero attached hydrogens (tertiary/aromatic N) is 1. The molecule has 1 aliphatic heterocycles. The highest BCUT2D eigenvalue weighted by atomic mass is 127. The molecule has 4 nitrogen and oxygen atoms in total. The Morgan fingerprint density at radius 1 is 1.00 bits per heavy atom. The van der Waals surface area contributed by atoms with Crippen molar-refractivity contribution >= 4 is 34.3 Å². The van der Waals surface area contributed by atoms with Crippen molar-refractivity contribution in [1.82, 2.24) is 4.90 Å². The summed E-state index contributed by atoms with van der Waals surface area (Å²) in [6, 6.07) is 4.22. The number of halogens is 8. The third-order valence-electron chi connectivity index (χ3n) is 7.59. The Hall–Kier alpha value is -2.51. The summed E-state index contributed by atoms with van der Waals surface area (Å²) in [6.45, 7) is 4.90. The van der Waals surface area contributed by atoms with E-state index in [2.05, 4.69) is 0 Å². The number of allylic oxidation sites excluding steroid dienone is 1. The zero-order valence-corrected chi connectivity index (χ0v) is 24.3. The Labute approximate surface area is 240 Å². The van der Waals surface area contributed by atoms with Gasteiger partial charge in [-0.3, -0.25) is 4.90 Å². The molecule has 1 atom stereocenters. The van der Waals surface area contributed by atoms with Crippen LogP contribution in [0.25, 0.3) is 5.57 Å². The second-order valence-corrected chi connectivity index (χ2v) is 12.3. The van der Waals surface area contributed by atoms with Crippen LogP contribution in [0.4, 0.5) is 35.5 Å². The summed E-state index contributed by atoms with van der Waals surface area (Å²) in [7, 11) is 1.40. The van der Waals surface area contributed by atoms with Gasteiger partial charge in [0.1, 0.15) is 23.7 Å². The number of benzene rings is 2. The molecule has 1 saturated heterocycles. The Morgan fingerprint density at radius 3 is 2.15 bits per heavy atom. The lowest BCUT2D eigenvalue weighted by Crippen LogP contribution is -2.44. The van der Waals surface area contributed by atoms with Gasteiger partial charge < -0.3 is 9.47 Å². The highest BCUT2D eigenvalue weighted by Crippen LogP contribution is 2.47. The van der Waals surface area contributed by atoms with Crippen LogP contribution in [-0.2, 0) is 22.6 Å². The van der Waals surface area contributed by atoms with E-state index in [0.717, 1.165) is 17.6 Å². The van der Waals surface area contributed by atoms with Crippen molar-refractivity contribution < 1.29 is 45.0 Å². The van der Waals surface area contributed by atoms with Crippen LogP contribution in [-0.4, -0.2) is 31.3 Å². The molecule has 12 heteroatoms. The molecule has 1 amide bonds. The van der Waals surface area contributed by atoms with E-state index in [0.29, 0.717) is 34.1 Å². The van der Waals surface area contributed by atoms with Crippen LogP contribution >= 0.6 is 22.6 Å². The average Bonchev–Trinajstić information content (AvgIpc) is 3.13. The maximum atomic E-state index is 14.3. The zero-order valence-electron chi connectivity index (χ0n) is 22.1. The second-order valence-electron chi connectivity index (χ2n) is 11.1. The minimum Gasteiger partial charge on any atom is -0.496 e. The smallest absolute Gasteiger partial charge is 0.416 e. The number of hydrogen-bond donors (Lipinski definition) is 0. The van der Waals surface area contributed by atoms with Gasteiger partial charge in [0.15, 0.2) is 0 Å². The normalized spacial score (nSPS) is 21.6. The largest absolute Gasteiger partial charge is 0.496 e. The van der Waals surface area contributed by atoms with E-state index in [-0.39, 0.29) is 29.3 Å². The van der Waals surface area contributed by atoms with Crippen LogP contribution in [0.5, 0.6) is 5.75 Å². The molecule has 1 aliphatic carbocycles. The van der Waals surface area contributed by atoms with E-state index in [9.17, 15) is 35.5 Å². The monoisotopic (exact) mass is 685 g/mol. The fraction of sp³-hybridized carbons (Fsp3) is 0.464. The summed E-state index contributed by atoms with van der Waals surface area (Å²) >= 11 is 1.86. The topological polar surface area (TPSA) is 38.8 Å². The third-order valence-corrected chi connectivity index (χ3v) is 8.42. The predicted molar refractivity (Wildman–Crippen MR) is 142 cm³/mol. The predicted octanol–water partition coefficient (Wildman–Crippen LogP) is 8.81. The van der Waals surface area contributed by atoms with Gasteiger partial charge in [0.05, 0.1) is 18.2 Å². The fourth-order valence-corrected chi connectivity index (χ4v) is 5.78. The van der Waals surface area contributed by atoms with Gasteiger partial charge >= 0.3 is 18.4 Å². The number of ether oxygens (including phenoxy) is 2. The molecule has 40 heavy (non-hydrogen) atoms. The van der Waals surface area contributed by atoms with E-state index < -0.39 is 47.5 Å². The lowest BCUT2D eigenvalue weighted by atomic mass is 9.72. The average molecular weight is 685 g/mol. The molecule has 2 aromatic carbocycles. The summed E-state index contributed by atoms with van der Waals surface area (Å²) in [5.74, 6) is -0.190. The minimum absolute atomic E-state index is 0.0571. The van der Waals surface area contributed by atoms with E-state index >= 15 is 0 Å². The van der Waals surface area contributed by atoms with Crippen LogP contribution in [0.15, 0.2) is 35.9 Å². The fourth-order valence-electron chi connectivity index (χ4n) is 5.32. The Morgan fingerprint density at radius 2 is 1.60 bits per heavy atom. The van der Waals surface area contributed by atoms with Gasteiger partial charge in [0.25, 0.3) is 0 Å². The molecule has 218 valence electrons. The van der Waals surface area contributed by atoms with Crippen molar-refractivity contribution in [2.45, 2.75) is 57.9 Å². The highest BCUT2D eigenvalue weighted by Gasteiger charge is 2.48. The molecule has 0 aromatic heterocycles. The summed E-state index contributed by atoms with van der Waals surface area (Å²) in [6.07, 6.45) is -9.16. The summed E-state index contributed by atoms with van der Waals surface area (Å²) in [5, 5.41) is 0. The maximum Gasteiger partial charge on any atom is 0.416 e. The SMILES string of the molecule is COc1cc(F)c(I)cc1C1=C(CN2C(=O)OCC2(C)c2cc(C(F)(F)F)cc(C(F)(F)F)c2)CC(C)(C)CC1. The highest BCUT2D eigenvalue weighted by molar-refractivity contribution is 14.1. The van der Waals surface area contributed by atoms with Gasteiger partial charge in [-0.05, 0) is 95.2 Å². The first-order valence-electron chi connectivity index (χ1n) is 12.3. The summed E-state index contributed by atoms with van der Waals surface area (Å²) < 4.78 is 107. The quantitative estimate of drug-likeness (QED) is 0.233. The summed E-state index contributed by atoms with van der Waals surface area (Å²) in [5.41, 5.74) is -2.97. The number of amides is 1. The van der Waals surface area contributed by atoms with Crippen molar-refractivity contribution in [3.63, 3.8) is 0 Å². The van der Waals surface area contributed by atoms with Crippen LogP contribution in [0, 0.1) is 14.8 Å². The van der Waals surface area contributed by atoms with Crippen LogP contribution in [0.3, 0.4) is 0 Å². The second kappa shape index (κ2) is 10.4. The van der Waals surface area contributed by atoms with Crippen molar-refractivity contribution in [2.24, 2.45) is 5.41 Å². The molecule has 4 rings (SSSR count). The standard InChI is InChI=1S/C28H27F7INO3/c1-25(2)6-5-19(20-10-22(36)21(29)11-23(20)39-4)15(12-25)13-37-24(38)40-14-26(37,3)16-7-17(27(30,31)32)9-18(8-16)28(33,34)35/h7-11H,5-6,12-14H2,1-4H3. The van der Waals surface area contributed by atoms with Gasteiger partial charge in [-0.1, -0.05) is 13.8 Å². The maximum absolute atomic E-state index is 14.3. The molecule has 2 aromatic rings. The third kappa shape index (κ3) is 5.91. The number of methoxy groups -OCH3 is 1. The Bertz CT molecular complexity index is 1330. The van der Waals surface area contributed by atoms with Crippen LogP contribution in [0.1, 0.15) is 62.3 Å². The van der Waals surface area contributed by atoms with Crippen molar-refractivity contribution in [2.75, 3.05) is 20.3 Å². The Kier molecular flexibility index (Phi) is 7.91. The van der Waals surface area contributed by atoms with Gasteiger partial charge in [-0.25, -0.2) is 9.18 Å². The molecule has 0 bridgehead atoms. The first-order valence-corrected chi connectivity index (χ1v) is 13.4. The van der Waals surface area contributed by atoms with Crippen molar-refractivity contribution in [3.05, 3.63) is 67.5 Å². The van der Waals surface area contributed by atoms with E-state index in [1.807, 2.05) is 36.4 Å². The number of carbonyl (C=O) groups is 1. The number of carbonyl (C=O) groups excluding carboxylic acids is 1. The van der Waals surface area contributed by atoms with Crippen LogP contribution in [0.2, 0.25) is 0 Å². The number of cyclic esters (lactones) is 1. The zero-order chi connectivity index (χ0) is 29.8. The van der Waals surface area contributed by atoms with E-state index in [4.69, 9.17) is 9.47 Å². The molecular formula is C28H27F7INO3. The van der Waals surface area contributed by atoms with Gasteiger partial charge in [-0.2, -0.15) is 26.3 Å². The van der Waals surface area contributed by atoms with Crippen molar-refractivity contribution in [3.8, 4) is 5.75 Å².